The quantitative estimate of drug-likeness (QED) is 0.871. The third-order valence-corrected chi connectivity index (χ3v) is 5.40. The van der Waals surface area contributed by atoms with E-state index in [1.54, 1.807) is 25.1 Å². The topological polar surface area (TPSA) is 89.1 Å². The lowest BCUT2D eigenvalue weighted by Gasteiger charge is -2.01. The predicted molar refractivity (Wildman–Crippen MR) is 78.1 cm³/mol. The normalized spacial score (nSPS) is 20.7. The van der Waals surface area contributed by atoms with Crippen molar-refractivity contribution < 1.29 is 17.9 Å². The number of aromatic nitrogens is 2. The Bertz CT molecular complexity index is 794. The van der Waals surface area contributed by atoms with Crippen LogP contribution < -0.4 is 0 Å². The number of imidazole rings is 1. The second kappa shape index (κ2) is 5.14. The molecule has 21 heavy (non-hydrogen) atoms. The molecule has 1 N–H and O–H groups in total. The average molecular weight is 308 g/mol. The molecule has 1 aromatic carbocycles. The third-order valence-electron chi connectivity index (χ3n) is 3.63. The van der Waals surface area contributed by atoms with Crippen LogP contribution in [0.5, 0.6) is 0 Å². The average Bonchev–Trinajstić information content (AvgIpc) is 3.00. The summed E-state index contributed by atoms with van der Waals surface area (Å²) in [7, 11) is -2.94. The zero-order chi connectivity index (χ0) is 15.0. The molecular weight excluding hydrogens is 292 g/mol. The summed E-state index contributed by atoms with van der Waals surface area (Å²) in [4.78, 5) is 19.3. The van der Waals surface area contributed by atoms with Crippen LogP contribution in [-0.2, 0) is 14.6 Å². The van der Waals surface area contributed by atoms with Crippen molar-refractivity contribution in [2.24, 2.45) is 0 Å². The van der Waals surface area contributed by atoms with Gasteiger partial charge in [-0.05, 0) is 31.5 Å². The van der Waals surface area contributed by atoms with Crippen LogP contribution in [0.25, 0.3) is 11.0 Å². The Morgan fingerprint density at radius 1 is 1.48 bits per heavy atom. The van der Waals surface area contributed by atoms with Crippen molar-refractivity contribution in [2.75, 3.05) is 18.1 Å². The standard InChI is InChI=1S/C14H16N2O4S/c1-2-20-14(17)9-3-4-11-12(7-9)16-13(15-11)10-5-6-21(18,19)8-10/h3-4,7,10H,2,5-6,8H2,1H3,(H,15,16). The highest BCUT2D eigenvalue weighted by Crippen LogP contribution is 2.28. The molecule has 0 bridgehead atoms. The maximum Gasteiger partial charge on any atom is 0.338 e. The lowest BCUT2D eigenvalue weighted by Crippen LogP contribution is -2.05. The Balaban J connectivity index is 1.92. The van der Waals surface area contributed by atoms with Crippen LogP contribution in [0.15, 0.2) is 18.2 Å². The highest BCUT2D eigenvalue weighted by molar-refractivity contribution is 7.91. The molecule has 2 aromatic rings. The monoisotopic (exact) mass is 308 g/mol. The number of aromatic amines is 1. The molecular formula is C14H16N2O4S. The van der Waals surface area contributed by atoms with E-state index < -0.39 is 9.84 Å². The summed E-state index contributed by atoms with van der Waals surface area (Å²) in [6.07, 6.45) is 0.590. The highest BCUT2D eigenvalue weighted by atomic mass is 32.2. The minimum Gasteiger partial charge on any atom is -0.462 e. The molecule has 1 atom stereocenters. The Hall–Kier alpha value is -1.89. The van der Waals surface area contributed by atoms with Gasteiger partial charge in [0.25, 0.3) is 0 Å². The zero-order valence-corrected chi connectivity index (χ0v) is 12.4. The molecule has 0 radical (unpaired) electrons. The fraction of sp³-hybridized carbons (Fsp3) is 0.429. The number of ether oxygens (including phenoxy) is 1. The van der Waals surface area contributed by atoms with E-state index in [1.165, 1.54) is 0 Å². The molecule has 3 rings (SSSR count). The van der Waals surface area contributed by atoms with Gasteiger partial charge in [0.2, 0.25) is 0 Å². The van der Waals surface area contributed by atoms with Crippen molar-refractivity contribution in [2.45, 2.75) is 19.3 Å². The largest absolute Gasteiger partial charge is 0.462 e. The number of carbonyl (C=O) groups is 1. The highest BCUT2D eigenvalue weighted by Gasteiger charge is 2.31. The van der Waals surface area contributed by atoms with Crippen molar-refractivity contribution in [3.63, 3.8) is 0 Å². The van der Waals surface area contributed by atoms with E-state index in [2.05, 4.69) is 9.97 Å². The first kappa shape index (κ1) is 14.1. The van der Waals surface area contributed by atoms with E-state index in [0.29, 0.717) is 24.4 Å². The van der Waals surface area contributed by atoms with Crippen LogP contribution in [0.4, 0.5) is 0 Å². The lowest BCUT2D eigenvalue weighted by atomic mass is 10.1. The minimum atomic E-state index is -2.94. The molecule has 2 heterocycles. The summed E-state index contributed by atoms with van der Waals surface area (Å²) in [6, 6.07) is 5.09. The number of carbonyl (C=O) groups excluding carboxylic acids is 1. The van der Waals surface area contributed by atoms with Crippen molar-refractivity contribution in [1.29, 1.82) is 0 Å². The van der Waals surface area contributed by atoms with Crippen molar-refractivity contribution in [3.05, 3.63) is 29.6 Å². The predicted octanol–water partition coefficient (Wildman–Crippen LogP) is 1.64. The first-order chi connectivity index (χ1) is 9.98. The molecule has 112 valence electrons. The molecule has 1 saturated heterocycles. The Morgan fingerprint density at radius 3 is 2.95 bits per heavy atom. The molecule has 7 heteroatoms. The summed E-state index contributed by atoms with van der Waals surface area (Å²) < 4.78 is 28.0. The number of H-pyrrole nitrogens is 1. The van der Waals surface area contributed by atoms with E-state index in [-0.39, 0.29) is 23.4 Å². The van der Waals surface area contributed by atoms with Gasteiger partial charge in [-0.15, -0.1) is 0 Å². The van der Waals surface area contributed by atoms with E-state index >= 15 is 0 Å². The third kappa shape index (κ3) is 2.78. The molecule has 0 spiro atoms. The fourth-order valence-electron chi connectivity index (χ4n) is 2.57. The van der Waals surface area contributed by atoms with Gasteiger partial charge >= 0.3 is 5.97 Å². The molecule has 1 aliphatic heterocycles. The molecule has 0 saturated carbocycles. The summed E-state index contributed by atoms with van der Waals surface area (Å²) in [5, 5.41) is 0. The first-order valence-electron chi connectivity index (χ1n) is 6.86. The van der Waals surface area contributed by atoms with Crippen LogP contribution in [0.3, 0.4) is 0 Å². The van der Waals surface area contributed by atoms with Crippen molar-refractivity contribution >= 4 is 26.8 Å². The van der Waals surface area contributed by atoms with Crippen molar-refractivity contribution in [1.82, 2.24) is 9.97 Å². The number of hydrogen-bond donors (Lipinski definition) is 1. The Labute approximate surface area is 122 Å². The number of benzene rings is 1. The van der Waals surface area contributed by atoms with Gasteiger partial charge in [0, 0.05) is 5.92 Å². The van der Waals surface area contributed by atoms with E-state index in [1.807, 2.05) is 0 Å². The SMILES string of the molecule is CCOC(=O)c1ccc2nc(C3CCS(=O)(=O)C3)[nH]c2c1. The van der Waals surface area contributed by atoms with Gasteiger partial charge < -0.3 is 9.72 Å². The van der Waals surface area contributed by atoms with E-state index in [0.717, 1.165) is 11.0 Å². The molecule has 1 unspecified atom stereocenters. The summed E-state index contributed by atoms with van der Waals surface area (Å²) in [5.74, 6) is 0.555. The van der Waals surface area contributed by atoms with Crippen LogP contribution in [0.2, 0.25) is 0 Å². The van der Waals surface area contributed by atoms with Gasteiger partial charge in [0.05, 0.1) is 34.7 Å². The van der Waals surface area contributed by atoms with Crippen molar-refractivity contribution in [3.8, 4) is 0 Å². The maximum absolute atomic E-state index is 11.7. The van der Waals surface area contributed by atoms with E-state index in [9.17, 15) is 13.2 Å². The number of hydrogen-bond acceptors (Lipinski definition) is 5. The van der Waals surface area contributed by atoms with E-state index in [4.69, 9.17) is 4.74 Å². The van der Waals surface area contributed by atoms with Crippen LogP contribution in [0, 0.1) is 0 Å². The molecule has 1 aliphatic rings. The Morgan fingerprint density at radius 2 is 2.29 bits per heavy atom. The van der Waals surface area contributed by atoms with Gasteiger partial charge in [-0.3, -0.25) is 0 Å². The molecule has 6 nitrogen and oxygen atoms in total. The first-order valence-corrected chi connectivity index (χ1v) is 8.68. The van der Waals surface area contributed by atoms with Crippen LogP contribution in [0.1, 0.15) is 35.4 Å². The summed E-state index contributed by atoms with van der Waals surface area (Å²) in [6.45, 7) is 2.08. The van der Waals surface area contributed by atoms with Gasteiger partial charge in [-0.1, -0.05) is 0 Å². The number of nitrogens with zero attached hydrogens (tertiary/aromatic N) is 1. The lowest BCUT2D eigenvalue weighted by molar-refractivity contribution is 0.0526. The Kier molecular flexibility index (Phi) is 3.44. The van der Waals surface area contributed by atoms with Crippen LogP contribution in [-0.4, -0.2) is 42.5 Å². The molecule has 0 aliphatic carbocycles. The maximum atomic E-state index is 11.7. The minimum absolute atomic E-state index is 0.0894. The van der Waals surface area contributed by atoms with Gasteiger partial charge in [-0.2, -0.15) is 0 Å². The number of sulfone groups is 1. The fourth-order valence-corrected chi connectivity index (χ4v) is 4.32. The molecule has 1 fully saturated rings. The van der Waals surface area contributed by atoms with Gasteiger partial charge in [0.15, 0.2) is 9.84 Å². The smallest absolute Gasteiger partial charge is 0.338 e. The second-order valence-electron chi connectivity index (χ2n) is 5.17. The number of fused-ring (bicyclic) bond motifs is 1. The zero-order valence-electron chi connectivity index (χ0n) is 11.6. The van der Waals surface area contributed by atoms with Gasteiger partial charge in [-0.25, -0.2) is 18.2 Å². The summed E-state index contributed by atoms with van der Waals surface area (Å²) in [5.41, 5.74) is 1.90. The van der Waals surface area contributed by atoms with Gasteiger partial charge in [0.1, 0.15) is 5.82 Å². The molecule has 0 amide bonds. The number of esters is 1. The summed E-state index contributed by atoms with van der Waals surface area (Å²) >= 11 is 0. The van der Waals surface area contributed by atoms with Crippen LogP contribution >= 0.6 is 0 Å². The number of nitrogens with one attached hydrogen (secondary N) is 1. The molecule has 1 aromatic heterocycles. The second-order valence-corrected chi connectivity index (χ2v) is 7.40. The number of rotatable bonds is 3.